The van der Waals surface area contributed by atoms with Crippen molar-refractivity contribution in [2.24, 2.45) is 5.92 Å². The van der Waals surface area contributed by atoms with Crippen LogP contribution in [0.15, 0.2) is 12.3 Å². The largest absolute Gasteiger partial charge is 0.505 e. The molecule has 1 aliphatic rings. The predicted molar refractivity (Wildman–Crippen MR) is 79.2 cm³/mol. The molecule has 0 aliphatic carbocycles. The molecule has 1 atom stereocenters. The summed E-state index contributed by atoms with van der Waals surface area (Å²) < 4.78 is 0. The Balaban J connectivity index is 1.80. The highest BCUT2D eigenvalue weighted by Crippen LogP contribution is 2.16. The molecule has 0 aromatic carbocycles. The van der Waals surface area contributed by atoms with Gasteiger partial charge in [0.1, 0.15) is 5.75 Å². The van der Waals surface area contributed by atoms with Crippen LogP contribution in [0.25, 0.3) is 0 Å². The highest BCUT2D eigenvalue weighted by Gasteiger charge is 2.19. The van der Waals surface area contributed by atoms with Gasteiger partial charge in [0.25, 0.3) is 5.91 Å². The van der Waals surface area contributed by atoms with Gasteiger partial charge in [-0.15, -0.1) is 0 Å². The number of carbonyl (C=O) groups is 1. The van der Waals surface area contributed by atoms with E-state index in [0.717, 1.165) is 32.5 Å². The van der Waals surface area contributed by atoms with Crippen LogP contribution >= 0.6 is 0 Å². The Morgan fingerprint density at radius 3 is 3.14 bits per heavy atom. The summed E-state index contributed by atoms with van der Waals surface area (Å²) in [7, 11) is 0. The topological polar surface area (TPSA) is 85.7 Å². The Labute approximate surface area is 124 Å². The molecule has 1 aliphatic heterocycles. The fourth-order valence-electron chi connectivity index (χ4n) is 2.66. The average molecular weight is 293 g/mol. The van der Waals surface area contributed by atoms with E-state index >= 15 is 0 Å². The molecule has 0 saturated carbocycles. The van der Waals surface area contributed by atoms with E-state index in [1.165, 1.54) is 6.20 Å². The third kappa shape index (κ3) is 4.41. The van der Waals surface area contributed by atoms with Crippen molar-refractivity contribution in [2.45, 2.75) is 19.8 Å². The number of hydrogen-bond donors (Lipinski definition) is 3. The molecule has 0 spiro atoms. The van der Waals surface area contributed by atoms with Crippen LogP contribution in [0.5, 0.6) is 5.75 Å². The van der Waals surface area contributed by atoms with Crippen LogP contribution in [-0.2, 0) is 0 Å². The number of amides is 1. The molecule has 0 unspecified atom stereocenters. The lowest BCUT2D eigenvalue weighted by atomic mass is 9.99. The second-order valence-corrected chi connectivity index (χ2v) is 5.59. The van der Waals surface area contributed by atoms with E-state index in [1.54, 1.807) is 13.0 Å². The molecule has 0 radical (unpaired) electrons. The maximum atomic E-state index is 12.0. The number of piperidine rings is 1. The number of aliphatic hydroxyl groups excluding tert-OH is 1. The summed E-state index contributed by atoms with van der Waals surface area (Å²) in [4.78, 5) is 18.2. The number of aryl methyl sites for hydroxylation is 1. The first kappa shape index (κ1) is 15.7. The molecule has 3 N–H and O–H groups in total. The second-order valence-electron chi connectivity index (χ2n) is 5.59. The van der Waals surface area contributed by atoms with Crippen molar-refractivity contribution >= 4 is 5.91 Å². The smallest absolute Gasteiger partial charge is 0.255 e. The summed E-state index contributed by atoms with van der Waals surface area (Å²) in [6.07, 6.45) is 3.45. The van der Waals surface area contributed by atoms with Crippen molar-refractivity contribution in [1.82, 2.24) is 15.2 Å². The number of carbonyl (C=O) groups excluding carboxylic acids is 1. The van der Waals surface area contributed by atoms with Gasteiger partial charge < -0.3 is 20.4 Å². The summed E-state index contributed by atoms with van der Waals surface area (Å²) in [5, 5.41) is 21.7. The second kappa shape index (κ2) is 7.38. The number of aromatic hydroxyl groups is 1. The first-order chi connectivity index (χ1) is 10.1. The lowest BCUT2D eigenvalue weighted by Gasteiger charge is -2.31. The number of hydrogen-bond acceptors (Lipinski definition) is 5. The SMILES string of the molecule is Cc1cc(C(=O)NCCN2CCC[C@@H](CO)C2)c(O)cn1. The van der Waals surface area contributed by atoms with Crippen molar-refractivity contribution in [3.63, 3.8) is 0 Å². The van der Waals surface area contributed by atoms with Crippen LogP contribution in [0.3, 0.4) is 0 Å². The van der Waals surface area contributed by atoms with Crippen molar-refractivity contribution < 1.29 is 15.0 Å². The Hall–Kier alpha value is -1.66. The maximum Gasteiger partial charge on any atom is 0.255 e. The molecule has 1 fully saturated rings. The Bertz CT molecular complexity index is 493. The molecule has 2 heterocycles. The minimum Gasteiger partial charge on any atom is -0.505 e. The molecular weight excluding hydrogens is 270 g/mol. The lowest BCUT2D eigenvalue weighted by Crippen LogP contribution is -2.41. The van der Waals surface area contributed by atoms with Crippen LogP contribution < -0.4 is 5.32 Å². The van der Waals surface area contributed by atoms with Gasteiger partial charge >= 0.3 is 0 Å². The van der Waals surface area contributed by atoms with Crippen molar-refractivity contribution in [1.29, 1.82) is 0 Å². The number of nitrogens with one attached hydrogen (secondary N) is 1. The van der Waals surface area contributed by atoms with Crippen molar-refractivity contribution in [2.75, 3.05) is 32.8 Å². The van der Waals surface area contributed by atoms with Crippen LogP contribution in [0.1, 0.15) is 28.9 Å². The monoisotopic (exact) mass is 293 g/mol. The van der Waals surface area contributed by atoms with E-state index in [0.29, 0.717) is 18.2 Å². The van der Waals surface area contributed by atoms with Gasteiger partial charge in [-0.2, -0.15) is 0 Å². The fourth-order valence-corrected chi connectivity index (χ4v) is 2.66. The molecular formula is C15H23N3O3. The molecule has 6 heteroatoms. The van der Waals surface area contributed by atoms with Crippen LogP contribution in [0, 0.1) is 12.8 Å². The first-order valence-corrected chi connectivity index (χ1v) is 7.37. The number of pyridine rings is 1. The van der Waals surface area contributed by atoms with Gasteiger partial charge in [0, 0.05) is 31.9 Å². The van der Waals surface area contributed by atoms with Gasteiger partial charge in [-0.25, -0.2) is 0 Å². The molecule has 21 heavy (non-hydrogen) atoms. The third-order valence-corrected chi connectivity index (χ3v) is 3.84. The molecule has 1 saturated heterocycles. The molecule has 1 aromatic rings. The fraction of sp³-hybridized carbons (Fsp3) is 0.600. The first-order valence-electron chi connectivity index (χ1n) is 7.37. The van der Waals surface area contributed by atoms with E-state index < -0.39 is 0 Å². The molecule has 1 aromatic heterocycles. The molecule has 1 amide bonds. The van der Waals surface area contributed by atoms with Crippen molar-refractivity contribution in [3.8, 4) is 5.75 Å². The quantitative estimate of drug-likeness (QED) is 0.737. The zero-order valence-corrected chi connectivity index (χ0v) is 12.4. The van der Waals surface area contributed by atoms with E-state index in [2.05, 4.69) is 15.2 Å². The zero-order chi connectivity index (χ0) is 15.2. The van der Waals surface area contributed by atoms with Crippen LogP contribution in [0.4, 0.5) is 0 Å². The Kier molecular flexibility index (Phi) is 5.52. The highest BCUT2D eigenvalue weighted by atomic mass is 16.3. The minimum absolute atomic E-state index is 0.101. The Morgan fingerprint density at radius 1 is 1.57 bits per heavy atom. The summed E-state index contributed by atoms with van der Waals surface area (Å²) in [5.74, 6) is -0.0357. The van der Waals surface area contributed by atoms with Crippen LogP contribution in [-0.4, -0.2) is 58.8 Å². The van der Waals surface area contributed by atoms with E-state index in [-0.39, 0.29) is 23.8 Å². The summed E-state index contributed by atoms with van der Waals surface area (Å²) >= 11 is 0. The predicted octanol–water partition coefficient (Wildman–Crippen LogP) is 0.530. The molecule has 0 bridgehead atoms. The number of aliphatic hydroxyl groups is 1. The van der Waals surface area contributed by atoms with E-state index in [9.17, 15) is 15.0 Å². The number of nitrogens with zero attached hydrogens (tertiary/aromatic N) is 2. The third-order valence-electron chi connectivity index (χ3n) is 3.84. The highest BCUT2D eigenvalue weighted by molar-refractivity contribution is 5.96. The van der Waals surface area contributed by atoms with Gasteiger partial charge in [0.15, 0.2) is 0 Å². The van der Waals surface area contributed by atoms with Gasteiger partial charge in [0.05, 0.1) is 11.8 Å². The van der Waals surface area contributed by atoms with Gasteiger partial charge in [-0.3, -0.25) is 9.78 Å². The molecule has 6 nitrogen and oxygen atoms in total. The van der Waals surface area contributed by atoms with Crippen molar-refractivity contribution in [3.05, 3.63) is 23.5 Å². The Morgan fingerprint density at radius 2 is 2.38 bits per heavy atom. The zero-order valence-electron chi connectivity index (χ0n) is 12.4. The molecule has 116 valence electrons. The lowest BCUT2D eigenvalue weighted by molar-refractivity contribution is 0.0928. The van der Waals surface area contributed by atoms with E-state index in [4.69, 9.17) is 0 Å². The van der Waals surface area contributed by atoms with Gasteiger partial charge in [-0.05, 0) is 38.3 Å². The number of aromatic nitrogens is 1. The van der Waals surface area contributed by atoms with Crippen LogP contribution in [0.2, 0.25) is 0 Å². The summed E-state index contributed by atoms with van der Waals surface area (Å²) in [6.45, 7) is 5.18. The number of likely N-dealkylation sites (tertiary alicyclic amines) is 1. The number of rotatable bonds is 5. The standard InChI is InChI=1S/C15H23N3O3/c1-11-7-13(14(20)8-17-11)15(21)16-4-6-18-5-2-3-12(9-18)10-19/h7-8,12,19-20H,2-6,9-10H2,1H3,(H,16,21)/t12-/m1/s1. The maximum absolute atomic E-state index is 12.0. The van der Waals surface area contributed by atoms with E-state index in [1.807, 2.05) is 0 Å². The average Bonchev–Trinajstić information content (AvgIpc) is 2.49. The van der Waals surface area contributed by atoms with Gasteiger partial charge in [0.2, 0.25) is 0 Å². The van der Waals surface area contributed by atoms with Gasteiger partial charge in [-0.1, -0.05) is 0 Å². The molecule has 2 rings (SSSR count). The summed E-state index contributed by atoms with van der Waals surface area (Å²) in [5.41, 5.74) is 0.953. The normalized spacial score (nSPS) is 19.4. The summed E-state index contributed by atoms with van der Waals surface area (Å²) in [6, 6.07) is 1.58. The minimum atomic E-state index is -0.284.